The summed E-state index contributed by atoms with van der Waals surface area (Å²) in [6, 6.07) is 16.5. The molecule has 0 atom stereocenters. The van der Waals surface area contributed by atoms with Crippen LogP contribution in [0.1, 0.15) is 10.4 Å². The van der Waals surface area contributed by atoms with Gasteiger partial charge in [-0.05, 0) is 36.4 Å². The number of benzene rings is 2. The summed E-state index contributed by atoms with van der Waals surface area (Å²) in [4.78, 5) is 22.6. The summed E-state index contributed by atoms with van der Waals surface area (Å²) in [5, 5.41) is 3.77. The normalized spacial score (nSPS) is 10.6. The van der Waals surface area contributed by atoms with Crippen molar-refractivity contribution in [2.24, 2.45) is 0 Å². The van der Waals surface area contributed by atoms with Crippen LogP contribution in [0.2, 0.25) is 0 Å². The maximum absolute atomic E-state index is 12.7. The van der Waals surface area contributed by atoms with Crippen LogP contribution >= 0.6 is 11.3 Å². The van der Waals surface area contributed by atoms with Gasteiger partial charge in [0.05, 0.1) is 19.8 Å². The van der Waals surface area contributed by atoms with Gasteiger partial charge in [0.1, 0.15) is 26.9 Å². The molecule has 0 saturated heterocycles. The van der Waals surface area contributed by atoms with Crippen LogP contribution in [-0.2, 0) is 0 Å². The fraction of sp³-hybridized carbons (Fsp3) is 0.0952. The van der Waals surface area contributed by atoms with Crippen LogP contribution < -0.4 is 14.8 Å². The maximum atomic E-state index is 12.7. The average Bonchev–Trinajstić information content (AvgIpc) is 3.17. The minimum atomic E-state index is -0.261. The Bertz CT molecular complexity index is 1120. The number of nitrogens with one attached hydrogen (secondary N) is 1. The monoisotopic (exact) mass is 391 g/mol. The zero-order valence-electron chi connectivity index (χ0n) is 15.3. The molecule has 28 heavy (non-hydrogen) atoms. The first-order chi connectivity index (χ1) is 13.7. The number of anilines is 1. The quantitative estimate of drug-likeness (QED) is 0.537. The van der Waals surface area contributed by atoms with E-state index in [4.69, 9.17) is 9.47 Å². The molecule has 0 aliphatic rings. The molecular formula is C21H17N3O3S. The van der Waals surface area contributed by atoms with Crippen molar-refractivity contribution in [2.75, 3.05) is 19.5 Å². The summed E-state index contributed by atoms with van der Waals surface area (Å²) in [5.41, 5.74) is 2.88. The molecule has 2 aromatic heterocycles. The summed E-state index contributed by atoms with van der Waals surface area (Å²) >= 11 is 1.52. The highest BCUT2D eigenvalue weighted by Gasteiger charge is 2.14. The number of nitrogens with zero attached hydrogens (tertiary/aromatic N) is 2. The van der Waals surface area contributed by atoms with Gasteiger partial charge in [0, 0.05) is 23.5 Å². The molecule has 140 valence electrons. The minimum absolute atomic E-state index is 0.261. The van der Waals surface area contributed by atoms with Crippen molar-refractivity contribution >= 4 is 33.3 Å². The van der Waals surface area contributed by atoms with Gasteiger partial charge in [0.2, 0.25) is 0 Å². The molecule has 1 N–H and O–H groups in total. The van der Waals surface area contributed by atoms with Crippen molar-refractivity contribution in [2.45, 2.75) is 0 Å². The summed E-state index contributed by atoms with van der Waals surface area (Å²) in [5.74, 6) is 0.813. The number of hydrogen-bond acceptors (Lipinski definition) is 6. The molecule has 0 unspecified atom stereocenters. The number of aromatic nitrogens is 2. The fourth-order valence-electron chi connectivity index (χ4n) is 2.81. The predicted octanol–water partition coefficient (Wildman–Crippen LogP) is 4.63. The topological polar surface area (TPSA) is 73.3 Å². The molecule has 0 saturated carbocycles. The summed E-state index contributed by atoms with van der Waals surface area (Å²) < 4.78 is 10.5. The number of pyridine rings is 1. The van der Waals surface area contributed by atoms with Crippen molar-refractivity contribution < 1.29 is 14.3 Å². The van der Waals surface area contributed by atoms with E-state index >= 15 is 0 Å². The summed E-state index contributed by atoms with van der Waals surface area (Å²) in [7, 11) is 3.09. The second-order valence-electron chi connectivity index (χ2n) is 5.95. The Morgan fingerprint density at radius 2 is 1.93 bits per heavy atom. The summed E-state index contributed by atoms with van der Waals surface area (Å²) in [6.07, 6.45) is 1.75. The van der Waals surface area contributed by atoms with E-state index in [1.807, 2.05) is 36.4 Å². The molecule has 2 aromatic carbocycles. The van der Waals surface area contributed by atoms with E-state index in [0.717, 1.165) is 20.9 Å². The highest BCUT2D eigenvalue weighted by molar-refractivity contribution is 7.21. The lowest BCUT2D eigenvalue weighted by Crippen LogP contribution is -2.13. The molecule has 0 aliphatic carbocycles. The molecular weight excluding hydrogens is 374 g/mol. The van der Waals surface area contributed by atoms with Crippen molar-refractivity contribution in [3.05, 3.63) is 66.4 Å². The third-order valence-electron chi connectivity index (χ3n) is 4.19. The van der Waals surface area contributed by atoms with E-state index in [0.29, 0.717) is 22.7 Å². The third-order valence-corrected chi connectivity index (χ3v) is 5.22. The lowest BCUT2D eigenvalue weighted by molar-refractivity contribution is 0.102. The van der Waals surface area contributed by atoms with Gasteiger partial charge in [0.25, 0.3) is 5.91 Å². The molecule has 0 fully saturated rings. The van der Waals surface area contributed by atoms with Gasteiger partial charge in [-0.2, -0.15) is 0 Å². The van der Waals surface area contributed by atoms with E-state index in [1.54, 1.807) is 31.5 Å². The first-order valence-corrected chi connectivity index (χ1v) is 9.35. The number of carbonyl (C=O) groups excluding carboxylic acids is 1. The van der Waals surface area contributed by atoms with E-state index in [1.165, 1.54) is 18.4 Å². The van der Waals surface area contributed by atoms with Gasteiger partial charge in [-0.3, -0.25) is 4.79 Å². The largest absolute Gasteiger partial charge is 0.497 e. The molecule has 4 rings (SSSR count). The SMILES string of the molecule is COc1ccc(C(=O)Nc2cccc(-c3nc4cccnc4s3)c2)c(OC)c1. The van der Waals surface area contributed by atoms with Gasteiger partial charge in [-0.1, -0.05) is 23.5 Å². The van der Waals surface area contributed by atoms with Crippen molar-refractivity contribution in [3.8, 4) is 22.1 Å². The minimum Gasteiger partial charge on any atom is -0.497 e. The van der Waals surface area contributed by atoms with Crippen molar-refractivity contribution in [1.29, 1.82) is 0 Å². The Labute approximate surface area is 165 Å². The molecule has 4 aromatic rings. The van der Waals surface area contributed by atoms with Crippen LogP contribution in [0.5, 0.6) is 11.5 Å². The number of methoxy groups -OCH3 is 2. The Kier molecular flexibility index (Phi) is 4.90. The average molecular weight is 391 g/mol. The molecule has 0 spiro atoms. The van der Waals surface area contributed by atoms with Crippen LogP contribution in [0, 0.1) is 0 Å². The molecule has 1 amide bonds. The molecule has 0 bridgehead atoms. The lowest BCUT2D eigenvalue weighted by Gasteiger charge is -2.11. The van der Waals surface area contributed by atoms with Gasteiger partial charge in [-0.25, -0.2) is 9.97 Å². The molecule has 0 radical (unpaired) electrons. The third kappa shape index (κ3) is 3.52. The zero-order valence-corrected chi connectivity index (χ0v) is 16.1. The first-order valence-electron chi connectivity index (χ1n) is 8.53. The predicted molar refractivity (Wildman–Crippen MR) is 110 cm³/mol. The van der Waals surface area contributed by atoms with Gasteiger partial charge < -0.3 is 14.8 Å². The van der Waals surface area contributed by atoms with Crippen LogP contribution in [0.15, 0.2) is 60.8 Å². The number of rotatable bonds is 5. The van der Waals surface area contributed by atoms with Crippen molar-refractivity contribution in [1.82, 2.24) is 9.97 Å². The van der Waals surface area contributed by atoms with Gasteiger partial charge >= 0.3 is 0 Å². The smallest absolute Gasteiger partial charge is 0.259 e. The zero-order chi connectivity index (χ0) is 19.5. The Morgan fingerprint density at radius 3 is 2.71 bits per heavy atom. The van der Waals surface area contributed by atoms with Gasteiger partial charge in [-0.15, -0.1) is 0 Å². The number of hydrogen-bond donors (Lipinski definition) is 1. The molecule has 2 heterocycles. The summed E-state index contributed by atoms with van der Waals surface area (Å²) in [6.45, 7) is 0. The molecule has 0 aliphatic heterocycles. The fourth-order valence-corrected chi connectivity index (χ4v) is 3.71. The molecule has 6 nitrogen and oxygen atoms in total. The maximum Gasteiger partial charge on any atom is 0.259 e. The Balaban J connectivity index is 1.61. The number of fused-ring (bicyclic) bond motifs is 1. The number of amides is 1. The van der Waals surface area contributed by atoms with Crippen LogP contribution in [0.4, 0.5) is 5.69 Å². The Hall–Kier alpha value is -3.45. The van der Waals surface area contributed by atoms with Crippen LogP contribution in [0.25, 0.3) is 20.9 Å². The first kappa shape index (κ1) is 17.9. The number of carbonyl (C=O) groups is 1. The number of thiazole rings is 1. The van der Waals surface area contributed by atoms with Gasteiger partial charge in [0.15, 0.2) is 0 Å². The van der Waals surface area contributed by atoms with E-state index in [2.05, 4.69) is 15.3 Å². The van der Waals surface area contributed by atoms with E-state index < -0.39 is 0 Å². The second-order valence-corrected chi connectivity index (χ2v) is 6.93. The van der Waals surface area contributed by atoms with Crippen LogP contribution in [0.3, 0.4) is 0 Å². The lowest BCUT2D eigenvalue weighted by atomic mass is 10.1. The molecule has 7 heteroatoms. The standard InChI is InChI=1S/C21H17N3O3S/c1-26-15-8-9-16(18(12-15)27-2)19(25)23-14-6-3-5-13(11-14)20-24-17-7-4-10-22-21(17)28-20/h3-12H,1-2H3,(H,23,25). The van der Waals surface area contributed by atoms with Crippen molar-refractivity contribution in [3.63, 3.8) is 0 Å². The Morgan fingerprint density at radius 1 is 1.04 bits per heavy atom. The van der Waals surface area contributed by atoms with E-state index in [9.17, 15) is 4.79 Å². The van der Waals surface area contributed by atoms with Crippen LogP contribution in [-0.4, -0.2) is 30.1 Å². The van der Waals surface area contributed by atoms with E-state index in [-0.39, 0.29) is 5.91 Å². The highest BCUT2D eigenvalue weighted by Crippen LogP contribution is 2.31. The second kappa shape index (κ2) is 7.66. The number of ether oxygens (including phenoxy) is 2. The highest BCUT2D eigenvalue weighted by atomic mass is 32.1.